The lowest BCUT2D eigenvalue weighted by Gasteiger charge is -1.91. The van der Waals surface area contributed by atoms with E-state index in [1.807, 2.05) is 0 Å². The zero-order valence-corrected chi connectivity index (χ0v) is 9.72. The van der Waals surface area contributed by atoms with E-state index in [-0.39, 0.29) is 0 Å². The lowest BCUT2D eigenvalue weighted by molar-refractivity contribution is 2.10. The highest BCUT2D eigenvalue weighted by molar-refractivity contribution is 9.51. The van der Waals surface area contributed by atoms with Gasteiger partial charge >= 0.3 is 0 Å². The second-order valence-electron chi connectivity index (χ2n) is 1.02. The van der Waals surface area contributed by atoms with Gasteiger partial charge in [-0.05, 0) is 0 Å². The summed E-state index contributed by atoms with van der Waals surface area (Å²) in [5.41, 5.74) is 0. The first-order valence-corrected chi connectivity index (χ1v) is 5.35. The Morgan fingerprint density at radius 3 is 1.14 bits per heavy atom. The summed E-state index contributed by atoms with van der Waals surface area (Å²) in [5, 5.41) is 0. The number of hydrogen-bond donors (Lipinski definition) is 0. The fourth-order valence-corrected chi connectivity index (χ4v) is 3.64. The van der Waals surface area contributed by atoms with Crippen LogP contribution in [-0.2, 0) is 0 Å². The van der Waals surface area contributed by atoms with Gasteiger partial charge in [0, 0.05) is 0 Å². The quantitative estimate of drug-likeness (QED) is 0.668. The monoisotopic (exact) mass is 352 g/mol. The molecule has 40 valence electrons. The van der Waals surface area contributed by atoms with E-state index < -0.39 is 0 Å². The molecule has 0 aromatic heterocycles. The van der Waals surface area contributed by atoms with Crippen LogP contribution < -0.4 is 0 Å². The minimum absolute atomic E-state index is 0.406. The normalized spacial score (nSPS) is 8.57. The molecule has 6 heteroatoms. The van der Waals surface area contributed by atoms with Crippen LogP contribution in [0, 0.1) is 0 Å². The number of hydrogen-bond acceptors (Lipinski definition) is 0. The van der Waals surface area contributed by atoms with Crippen molar-refractivity contribution < 1.29 is 0 Å². The van der Waals surface area contributed by atoms with Gasteiger partial charge in [0.2, 0.25) is 0 Å². The minimum Gasteiger partial charge on any atom is -0.140 e. The standard InChI is InChI=1S/CH2B2Br4/c4-2(5)1-3(6)7/h1H2. The highest BCUT2D eigenvalue weighted by Crippen LogP contribution is 2.17. The molecule has 0 aromatic carbocycles. The molecule has 0 fully saturated rings. The molecular weight excluding hydrogens is 353 g/mol. The van der Waals surface area contributed by atoms with E-state index in [1.54, 1.807) is 0 Å². The Balaban J connectivity index is 2.95. The highest BCUT2D eigenvalue weighted by Gasteiger charge is 2.11. The van der Waals surface area contributed by atoms with Crippen LogP contribution >= 0.6 is 63.0 Å². The Hall–Kier alpha value is 2.05. The molecular formula is CH2B2Br4. The molecule has 0 aliphatic rings. The molecule has 0 spiro atoms. The van der Waals surface area contributed by atoms with E-state index >= 15 is 0 Å². The van der Waals surface area contributed by atoms with E-state index in [0.29, 0.717) is 8.72 Å². The van der Waals surface area contributed by atoms with Gasteiger partial charge in [-0.1, -0.05) is 6.22 Å². The van der Waals surface area contributed by atoms with Crippen molar-refractivity contribution in [2.75, 3.05) is 0 Å². The van der Waals surface area contributed by atoms with Crippen molar-refractivity contribution in [2.45, 2.75) is 6.22 Å². The lowest BCUT2D eigenvalue weighted by Crippen LogP contribution is -1.99. The molecule has 0 bridgehead atoms. The van der Waals surface area contributed by atoms with Crippen LogP contribution in [0.4, 0.5) is 0 Å². The van der Waals surface area contributed by atoms with Crippen molar-refractivity contribution in [3.63, 3.8) is 0 Å². The van der Waals surface area contributed by atoms with Crippen LogP contribution in [0.3, 0.4) is 0 Å². The van der Waals surface area contributed by atoms with Crippen molar-refractivity contribution in [1.29, 1.82) is 0 Å². The largest absolute Gasteiger partial charge is 0.293 e. The van der Waals surface area contributed by atoms with Gasteiger partial charge in [-0.3, -0.25) is 0 Å². The lowest BCUT2D eigenvalue weighted by atomic mass is 9.86. The minimum atomic E-state index is 0.406. The molecule has 0 aliphatic heterocycles. The van der Waals surface area contributed by atoms with Crippen molar-refractivity contribution in [2.24, 2.45) is 0 Å². The molecule has 0 aromatic rings. The van der Waals surface area contributed by atoms with Crippen molar-refractivity contribution >= 4 is 71.7 Å². The summed E-state index contributed by atoms with van der Waals surface area (Å²) < 4.78 is 0.812. The van der Waals surface area contributed by atoms with Gasteiger partial charge in [0.25, 0.3) is 8.72 Å². The molecule has 0 aliphatic carbocycles. The first kappa shape index (κ1) is 9.05. The molecule has 0 atom stereocenters. The highest BCUT2D eigenvalue weighted by atomic mass is 79.9. The molecule has 0 saturated heterocycles. The molecule has 0 nitrogen and oxygen atoms in total. The first-order chi connectivity index (χ1) is 3.13. The third-order valence-electron chi connectivity index (χ3n) is 0.356. The van der Waals surface area contributed by atoms with Gasteiger partial charge < -0.3 is 0 Å². The molecule has 7 heavy (non-hydrogen) atoms. The third-order valence-corrected chi connectivity index (χ3v) is 1.85. The molecule has 0 radical (unpaired) electrons. The molecule has 0 rings (SSSR count). The molecule has 0 amide bonds. The van der Waals surface area contributed by atoms with Crippen LogP contribution in [0.25, 0.3) is 0 Å². The van der Waals surface area contributed by atoms with Crippen LogP contribution in [0.1, 0.15) is 0 Å². The van der Waals surface area contributed by atoms with Crippen molar-refractivity contribution in [1.82, 2.24) is 0 Å². The SMILES string of the molecule is BrB(Br)CB(Br)Br. The fourth-order valence-electron chi connectivity index (χ4n) is 0.135. The second kappa shape index (κ2) is 4.89. The molecule has 0 heterocycles. The van der Waals surface area contributed by atoms with Crippen LogP contribution in [0.5, 0.6) is 0 Å². The number of rotatable bonds is 2. The summed E-state index contributed by atoms with van der Waals surface area (Å²) in [6, 6.07) is 0. The Morgan fingerprint density at radius 2 is 1.14 bits per heavy atom. The maximum Gasteiger partial charge on any atom is 0.293 e. The first-order valence-electron chi connectivity index (χ1n) is 1.69. The van der Waals surface area contributed by atoms with E-state index in [4.69, 9.17) is 0 Å². The fraction of sp³-hybridized carbons (Fsp3) is 1.00. The summed E-state index contributed by atoms with van der Waals surface area (Å²) in [6.45, 7) is 0. The van der Waals surface area contributed by atoms with Crippen molar-refractivity contribution in [3.05, 3.63) is 0 Å². The van der Waals surface area contributed by atoms with Gasteiger partial charge in [0.1, 0.15) is 0 Å². The predicted molar refractivity (Wildman–Crippen MR) is 52.0 cm³/mol. The topological polar surface area (TPSA) is 0 Å². The van der Waals surface area contributed by atoms with E-state index in [2.05, 4.69) is 63.0 Å². The van der Waals surface area contributed by atoms with E-state index in [0.717, 1.165) is 6.22 Å². The summed E-state index contributed by atoms with van der Waals surface area (Å²) in [6.07, 6.45) is 1.03. The average molecular weight is 355 g/mol. The Bertz CT molecular complexity index is 39.0. The molecule has 0 unspecified atom stereocenters. The van der Waals surface area contributed by atoms with E-state index in [9.17, 15) is 0 Å². The smallest absolute Gasteiger partial charge is 0.140 e. The van der Waals surface area contributed by atoms with Gasteiger partial charge in [0.05, 0.1) is 0 Å². The molecule has 0 saturated carbocycles. The van der Waals surface area contributed by atoms with Crippen LogP contribution in [0.2, 0.25) is 6.22 Å². The second-order valence-corrected chi connectivity index (χ2v) is 7.90. The van der Waals surface area contributed by atoms with Gasteiger partial charge in [0.15, 0.2) is 0 Å². The zero-order chi connectivity index (χ0) is 5.86. The predicted octanol–water partition coefficient (Wildman–Crippen LogP) is 3.08. The Kier molecular flexibility index (Phi) is 6.32. The zero-order valence-electron chi connectivity index (χ0n) is 3.37. The molecule has 0 N–H and O–H groups in total. The van der Waals surface area contributed by atoms with Crippen molar-refractivity contribution in [3.8, 4) is 0 Å². The maximum absolute atomic E-state index is 3.33. The summed E-state index contributed by atoms with van der Waals surface area (Å²) >= 11 is 13.3. The average Bonchev–Trinajstić information content (AvgIpc) is 1.27. The van der Waals surface area contributed by atoms with E-state index in [1.165, 1.54) is 0 Å². The maximum atomic E-state index is 3.33. The van der Waals surface area contributed by atoms with Gasteiger partial charge in [-0.15, -0.1) is 63.0 Å². The van der Waals surface area contributed by atoms with Crippen LogP contribution in [0.15, 0.2) is 0 Å². The Morgan fingerprint density at radius 1 is 0.857 bits per heavy atom. The number of halogens is 4. The summed E-state index contributed by atoms with van der Waals surface area (Å²) in [4.78, 5) is 0. The van der Waals surface area contributed by atoms with Gasteiger partial charge in [-0.2, -0.15) is 0 Å². The Labute approximate surface area is 77.2 Å². The van der Waals surface area contributed by atoms with Crippen LogP contribution in [-0.4, -0.2) is 8.72 Å². The third kappa shape index (κ3) is 8.05. The summed E-state index contributed by atoms with van der Waals surface area (Å²) in [5.74, 6) is 0. The summed E-state index contributed by atoms with van der Waals surface area (Å²) in [7, 11) is 0. The van der Waals surface area contributed by atoms with Gasteiger partial charge in [-0.25, -0.2) is 0 Å².